The largest absolute Gasteiger partial charge is 0.297 e. The second kappa shape index (κ2) is 8.32. The van der Waals surface area contributed by atoms with Crippen LogP contribution < -0.4 is 11.3 Å². The Labute approximate surface area is 137 Å². The molecule has 0 saturated carbocycles. The number of hydrogen-bond donors (Lipinski definition) is 2. The lowest BCUT2D eigenvalue weighted by Crippen LogP contribution is -2.61. The molecule has 0 radical (unpaired) electrons. The van der Waals surface area contributed by atoms with Crippen LogP contribution in [-0.2, 0) is 6.42 Å². The number of nitrogens with zero attached hydrogens (tertiary/aromatic N) is 1. The van der Waals surface area contributed by atoms with Gasteiger partial charge in [0.25, 0.3) is 0 Å². The molecule has 114 valence electrons. The van der Waals surface area contributed by atoms with Gasteiger partial charge in [-0.1, -0.05) is 32.9 Å². The number of hydrazine groups is 1. The highest BCUT2D eigenvalue weighted by Gasteiger charge is 2.36. The lowest BCUT2D eigenvalue weighted by molar-refractivity contribution is 0.0701. The molecule has 0 aromatic heterocycles. The van der Waals surface area contributed by atoms with E-state index in [1.54, 1.807) is 0 Å². The van der Waals surface area contributed by atoms with Crippen LogP contribution in [0.1, 0.15) is 39.7 Å². The van der Waals surface area contributed by atoms with Gasteiger partial charge < -0.3 is 0 Å². The Morgan fingerprint density at radius 2 is 1.75 bits per heavy atom. The van der Waals surface area contributed by atoms with Crippen LogP contribution >= 0.6 is 22.6 Å². The van der Waals surface area contributed by atoms with E-state index < -0.39 is 0 Å². The fourth-order valence-electron chi connectivity index (χ4n) is 2.95. The number of benzene rings is 1. The molecule has 3 N–H and O–H groups in total. The summed E-state index contributed by atoms with van der Waals surface area (Å²) in [6, 6.07) is 8.95. The van der Waals surface area contributed by atoms with Gasteiger partial charge in [0, 0.05) is 15.2 Å². The number of halogens is 1. The summed E-state index contributed by atoms with van der Waals surface area (Å²) in [5.74, 6) is 5.88. The highest BCUT2D eigenvalue weighted by atomic mass is 127. The number of nitrogens with one attached hydrogen (secondary N) is 1. The maximum atomic E-state index is 5.88. The third kappa shape index (κ3) is 4.16. The Kier molecular flexibility index (Phi) is 7.43. The second-order valence-corrected chi connectivity index (χ2v) is 6.68. The predicted molar refractivity (Wildman–Crippen MR) is 95.6 cm³/mol. The molecular weight excluding hydrogens is 361 g/mol. The van der Waals surface area contributed by atoms with Gasteiger partial charge in [-0.15, -0.1) is 0 Å². The summed E-state index contributed by atoms with van der Waals surface area (Å²) in [6.07, 6.45) is 2.03. The van der Waals surface area contributed by atoms with Gasteiger partial charge >= 0.3 is 0 Å². The molecule has 0 bridgehead atoms. The van der Waals surface area contributed by atoms with Crippen molar-refractivity contribution in [3.8, 4) is 0 Å². The minimum absolute atomic E-state index is 0.0707. The molecule has 1 rings (SSSR count). The first-order valence-corrected chi connectivity index (χ1v) is 8.55. The summed E-state index contributed by atoms with van der Waals surface area (Å²) < 4.78 is 1.27. The van der Waals surface area contributed by atoms with Gasteiger partial charge in [-0.3, -0.25) is 16.2 Å². The fourth-order valence-corrected chi connectivity index (χ4v) is 3.31. The van der Waals surface area contributed by atoms with Crippen LogP contribution in [0.4, 0.5) is 0 Å². The van der Waals surface area contributed by atoms with E-state index in [2.05, 4.69) is 84.9 Å². The van der Waals surface area contributed by atoms with Crippen LogP contribution in [0.5, 0.6) is 0 Å². The third-order valence-electron chi connectivity index (χ3n) is 4.51. The molecule has 0 aliphatic rings. The molecule has 0 aliphatic carbocycles. The van der Waals surface area contributed by atoms with Crippen molar-refractivity contribution < 1.29 is 0 Å². The molecule has 1 aromatic rings. The van der Waals surface area contributed by atoms with Crippen molar-refractivity contribution in [3.63, 3.8) is 0 Å². The third-order valence-corrected chi connectivity index (χ3v) is 5.23. The van der Waals surface area contributed by atoms with Crippen molar-refractivity contribution in [1.29, 1.82) is 0 Å². The molecule has 0 saturated heterocycles. The average Bonchev–Trinajstić information content (AvgIpc) is 2.47. The van der Waals surface area contributed by atoms with Gasteiger partial charge in [-0.05, 0) is 73.1 Å². The van der Waals surface area contributed by atoms with Crippen LogP contribution in [0.25, 0.3) is 0 Å². The van der Waals surface area contributed by atoms with Gasteiger partial charge in [-0.25, -0.2) is 0 Å². The Morgan fingerprint density at radius 1 is 1.20 bits per heavy atom. The lowest BCUT2D eigenvalue weighted by Gasteiger charge is -2.45. The molecule has 2 unspecified atom stereocenters. The van der Waals surface area contributed by atoms with E-state index in [0.29, 0.717) is 0 Å². The van der Waals surface area contributed by atoms with Gasteiger partial charge in [0.1, 0.15) is 0 Å². The van der Waals surface area contributed by atoms with E-state index in [9.17, 15) is 0 Å². The zero-order valence-electron chi connectivity index (χ0n) is 13.1. The van der Waals surface area contributed by atoms with E-state index in [-0.39, 0.29) is 11.6 Å². The summed E-state index contributed by atoms with van der Waals surface area (Å²) in [5.41, 5.74) is 4.47. The maximum absolute atomic E-state index is 5.88. The number of hydrogen-bond acceptors (Lipinski definition) is 3. The topological polar surface area (TPSA) is 41.3 Å². The number of likely N-dealkylation sites (N-methyl/N-ethyl adjacent to an activating group) is 1. The SMILES string of the molecule is CCN(CC)C(C)(CC)C(Cc1ccc(I)cc1)NN. The summed E-state index contributed by atoms with van der Waals surface area (Å²) in [5, 5.41) is 0. The number of rotatable bonds is 8. The van der Waals surface area contributed by atoms with E-state index >= 15 is 0 Å². The van der Waals surface area contributed by atoms with Gasteiger partial charge in [-0.2, -0.15) is 0 Å². The molecule has 2 atom stereocenters. The molecule has 4 heteroatoms. The average molecular weight is 389 g/mol. The highest BCUT2D eigenvalue weighted by molar-refractivity contribution is 14.1. The zero-order chi connectivity index (χ0) is 15.2. The van der Waals surface area contributed by atoms with Crippen molar-refractivity contribution in [2.75, 3.05) is 13.1 Å². The first kappa shape index (κ1) is 17.9. The molecule has 0 heterocycles. The predicted octanol–water partition coefficient (Wildman–Crippen LogP) is 3.18. The molecule has 0 amide bonds. The van der Waals surface area contributed by atoms with Crippen LogP contribution in [0.3, 0.4) is 0 Å². The van der Waals surface area contributed by atoms with Crippen LogP contribution in [0, 0.1) is 3.57 Å². The Hall–Kier alpha value is -0.170. The maximum Gasteiger partial charge on any atom is 0.0432 e. The monoisotopic (exact) mass is 389 g/mol. The Bertz CT molecular complexity index is 389. The quantitative estimate of drug-likeness (QED) is 0.408. The fraction of sp³-hybridized carbons (Fsp3) is 0.625. The smallest absolute Gasteiger partial charge is 0.0432 e. The summed E-state index contributed by atoms with van der Waals surface area (Å²) in [6.45, 7) is 11.1. The van der Waals surface area contributed by atoms with Crippen LogP contribution in [-0.4, -0.2) is 29.6 Å². The molecule has 20 heavy (non-hydrogen) atoms. The van der Waals surface area contributed by atoms with Crippen molar-refractivity contribution in [1.82, 2.24) is 10.3 Å². The van der Waals surface area contributed by atoms with Crippen molar-refractivity contribution >= 4 is 22.6 Å². The second-order valence-electron chi connectivity index (χ2n) is 5.43. The van der Waals surface area contributed by atoms with E-state index in [0.717, 1.165) is 25.9 Å². The van der Waals surface area contributed by atoms with Crippen LogP contribution in [0.15, 0.2) is 24.3 Å². The van der Waals surface area contributed by atoms with Gasteiger partial charge in [0.15, 0.2) is 0 Å². The molecular formula is C16H28IN3. The molecule has 0 aliphatic heterocycles. The first-order valence-electron chi connectivity index (χ1n) is 7.47. The minimum atomic E-state index is 0.0707. The molecule has 0 fully saturated rings. The van der Waals surface area contributed by atoms with Crippen molar-refractivity contribution in [2.45, 2.75) is 52.1 Å². The van der Waals surface area contributed by atoms with Crippen LogP contribution in [0.2, 0.25) is 0 Å². The Morgan fingerprint density at radius 3 is 2.15 bits per heavy atom. The van der Waals surface area contributed by atoms with E-state index in [4.69, 9.17) is 5.84 Å². The van der Waals surface area contributed by atoms with Gasteiger partial charge in [0.05, 0.1) is 0 Å². The van der Waals surface area contributed by atoms with Gasteiger partial charge in [0.2, 0.25) is 0 Å². The summed E-state index contributed by atoms with van der Waals surface area (Å²) in [7, 11) is 0. The van der Waals surface area contributed by atoms with Crippen molar-refractivity contribution in [3.05, 3.63) is 33.4 Å². The first-order chi connectivity index (χ1) is 9.51. The highest BCUT2D eigenvalue weighted by Crippen LogP contribution is 2.26. The van der Waals surface area contributed by atoms with E-state index in [1.165, 1.54) is 9.13 Å². The minimum Gasteiger partial charge on any atom is -0.297 e. The molecule has 0 spiro atoms. The lowest BCUT2D eigenvalue weighted by atomic mass is 9.83. The standard InChI is InChI=1S/C16H28IN3/c1-5-16(4,20(6-2)7-3)15(19-18)12-13-8-10-14(17)11-9-13/h8-11,15,19H,5-7,12,18H2,1-4H3. The van der Waals surface area contributed by atoms with Crippen molar-refractivity contribution in [2.24, 2.45) is 5.84 Å². The number of nitrogens with two attached hydrogens (primary N) is 1. The normalized spacial score (nSPS) is 16.1. The summed E-state index contributed by atoms with van der Waals surface area (Å²) >= 11 is 2.34. The summed E-state index contributed by atoms with van der Waals surface area (Å²) in [4.78, 5) is 2.50. The van der Waals surface area contributed by atoms with E-state index in [1.807, 2.05) is 0 Å². The molecule has 1 aromatic carbocycles. The Balaban J connectivity index is 2.94. The zero-order valence-corrected chi connectivity index (χ0v) is 15.3. The molecule has 3 nitrogen and oxygen atoms in total.